The first-order chi connectivity index (χ1) is 7.56. The predicted octanol–water partition coefficient (Wildman–Crippen LogP) is 4.33. The van der Waals surface area contributed by atoms with Crippen molar-refractivity contribution in [3.8, 4) is 0 Å². The predicted molar refractivity (Wildman–Crippen MR) is 70.2 cm³/mol. The first-order valence-corrected chi connectivity index (χ1v) is 6.42. The second-order valence-corrected chi connectivity index (χ2v) is 5.04. The van der Waals surface area contributed by atoms with Crippen LogP contribution in [-0.2, 0) is 6.42 Å². The summed E-state index contributed by atoms with van der Waals surface area (Å²) in [5.41, 5.74) is 0.921. The Hall–Kier alpha value is -0.240. The van der Waals surface area contributed by atoms with Crippen LogP contribution in [0.2, 0.25) is 10.0 Å². The van der Waals surface area contributed by atoms with Crippen molar-refractivity contribution in [2.24, 2.45) is 5.92 Å². The number of hydrogen-bond acceptors (Lipinski definition) is 1. The van der Waals surface area contributed by atoms with Crippen LogP contribution in [0.15, 0.2) is 18.2 Å². The monoisotopic (exact) mass is 260 g/mol. The Morgan fingerprint density at radius 1 is 1.31 bits per heavy atom. The minimum Gasteiger partial charge on any atom is -0.393 e. The zero-order valence-corrected chi connectivity index (χ0v) is 11.2. The van der Waals surface area contributed by atoms with Crippen LogP contribution in [0.5, 0.6) is 0 Å². The molecule has 0 saturated heterocycles. The summed E-state index contributed by atoms with van der Waals surface area (Å²) in [6.45, 7) is 4.18. The highest BCUT2D eigenvalue weighted by Crippen LogP contribution is 2.27. The Morgan fingerprint density at radius 3 is 2.62 bits per heavy atom. The highest BCUT2D eigenvalue weighted by Gasteiger charge is 2.16. The third-order valence-electron chi connectivity index (χ3n) is 2.86. The molecule has 2 atom stereocenters. The first-order valence-electron chi connectivity index (χ1n) is 5.67. The molecule has 1 aromatic carbocycles. The Kier molecular flexibility index (Phi) is 5.60. The van der Waals surface area contributed by atoms with E-state index < -0.39 is 0 Å². The maximum atomic E-state index is 10.0. The molecule has 0 aliphatic carbocycles. The second kappa shape index (κ2) is 6.48. The van der Waals surface area contributed by atoms with Gasteiger partial charge in [0.1, 0.15) is 0 Å². The van der Waals surface area contributed by atoms with Gasteiger partial charge in [0.15, 0.2) is 0 Å². The van der Waals surface area contributed by atoms with Crippen molar-refractivity contribution in [1.82, 2.24) is 0 Å². The summed E-state index contributed by atoms with van der Waals surface area (Å²) in [6.07, 6.45) is 2.33. The molecule has 0 amide bonds. The topological polar surface area (TPSA) is 20.2 Å². The number of aliphatic hydroxyl groups is 1. The summed E-state index contributed by atoms with van der Waals surface area (Å²) in [5.74, 6) is 0.292. The van der Waals surface area contributed by atoms with Crippen LogP contribution in [-0.4, -0.2) is 11.2 Å². The molecule has 2 unspecified atom stereocenters. The molecule has 0 fully saturated rings. The van der Waals surface area contributed by atoms with Gasteiger partial charge in [-0.3, -0.25) is 0 Å². The van der Waals surface area contributed by atoms with E-state index in [1.54, 1.807) is 6.07 Å². The van der Waals surface area contributed by atoms with Gasteiger partial charge in [-0.25, -0.2) is 0 Å². The van der Waals surface area contributed by atoms with Gasteiger partial charge < -0.3 is 5.11 Å². The molecule has 3 heteroatoms. The molecule has 0 saturated carbocycles. The highest BCUT2D eigenvalue weighted by atomic mass is 35.5. The van der Waals surface area contributed by atoms with E-state index in [1.165, 1.54) is 0 Å². The fourth-order valence-corrected chi connectivity index (χ4v) is 2.18. The van der Waals surface area contributed by atoms with Crippen LogP contribution < -0.4 is 0 Å². The molecule has 1 aromatic rings. The van der Waals surface area contributed by atoms with Crippen LogP contribution in [0.1, 0.15) is 32.3 Å². The second-order valence-electron chi connectivity index (χ2n) is 4.25. The molecule has 1 nitrogen and oxygen atoms in total. The largest absolute Gasteiger partial charge is 0.393 e. The lowest BCUT2D eigenvalue weighted by atomic mass is 9.94. The maximum Gasteiger partial charge on any atom is 0.0625 e. The Labute approximate surface area is 107 Å². The molecule has 1 rings (SSSR count). The SMILES string of the molecule is CCCC(C)C(O)Cc1cccc(Cl)c1Cl. The first kappa shape index (κ1) is 13.8. The van der Waals surface area contributed by atoms with Gasteiger partial charge in [0.05, 0.1) is 16.1 Å². The van der Waals surface area contributed by atoms with Crippen LogP contribution in [0.3, 0.4) is 0 Å². The van der Waals surface area contributed by atoms with E-state index in [9.17, 15) is 5.11 Å². The van der Waals surface area contributed by atoms with Crippen LogP contribution in [0, 0.1) is 5.92 Å². The van der Waals surface area contributed by atoms with Gasteiger partial charge in [-0.2, -0.15) is 0 Å². The standard InChI is InChI=1S/C13H18Cl2O/c1-3-5-9(2)12(16)8-10-6-4-7-11(14)13(10)15/h4,6-7,9,12,16H,3,5,8H2,1-2H3. The van der Waals surface area contributed by atoms with Crippen LogP contribution in [0.4, 0.5) is 0 Å². The lowest BCUT2D eigenvalue weighted by molar-refractivity contribution is 0.111. The molecule has 0 aliphatic rings. The van der Waals surface area contributed by atoms with Crippen molar-refractivity contribution in [3.63, 3.8) is 0 Å². The lowest BCUT2D eigenvalue weighted by Gasteiger charge is -2.18. The smallest absolute Gasteiger partial charge is 0.0625 e. The summed E-state index contributed by atoms with van der Waals surface area (Å²) in [7, 11) is 0. The molecule has 0 heterocycles. The number of hydrogen-bond donors (Lipinski definition) is 1. The Bertz CT molecular complexity index is 339. The van der Waals surface area contributed by atoms with E-state index in [2.05, 4.69) is 13.8 Å². The minimum atomic E-state index is -0.351. The zero-order valence-electron chi connectivity index (χ0n) is 9.71. The Morgan fingerprint density at radius 2 is 2.00 bits per heavy atom. The van der Waals surface area contributed by atoms with Crippen molar-refractivity contribution >= 4 is 23.2 Å². The fraction of sp³-hybridized carbons (Fsp3) is 0.538. The molecule has 0 spiro atoms. The summed E-state index contributed by atoms with van der Waals surface area (Å²) >= 11 is 12.0. The van der Waals surface area contributed by atoms with Crippen molar-refractivity contribution in [1.29, 1.82) is 0 Å². The maximum absolute atomic E-state index is 10.0. The summed E-state index contributed by atoms with van der Waals surface area (Å²) in [4.78, 5) is 0. The van der Waals surface area contributed by atoms with Crippen molar-refractivity contribution < 1.29 is 5.11 Å². The highest BCUT2D eigenvalue weighted by molar-refractivity contribution is 6.42. The van der Waals surface area contributed by atoms with E-state index in [-0.39, 0.29) is 6.10 Å². The van der Waals surface area contributed by atoms with Gasteiger partial charge in [-0.05, 0) is 24.0 Å². The minimum absolute atomic E-state index is 0.292. The van der Waals surface area contributed by atoms with Gasteiger partial charge in [0.25, 0.3) is 0 Å². The summed E-state index contributed by atoms with van der Waals surface area (Å²) in [6, 6.07) is 5.53. The van der Waals surface area contributed by atoms with Gasteiger partial charge in [-0.1, -0.05) is 55.6 Å². The van der Waals surface area contributed by atoms with Gasteiger partial charge in [-0.15, -0.1) is 0 Å². The van der Waals surface area contributed by atoms with Crippen molar-refractivity contribution in [2.75, 3.05) is 0 Å². The molecule has 90 valence electrons. The van der Waals surface area contributed by atoms with Crippen molar-refractivity contribution in [2.45, 2.75) is 39.2 Å². The molecular weight excluding hydrogens is 243 g/mol. The molecule has 1 N–H and O–H groups in total. The number of benzene rings is 1. The van der Waals surface area contributed by atoms with Crippen molar-refractivity contribution in [3.05, 3.63) is 33.8 Å². The van der Waals surface area contributed by atoms with E-state index in [0.717, 1.165) is 18.4 Å². The fourth-order valence-electron chi connectivity index (χ4n) is 1.78. The van der Waals surface area contributed by atoms with Gasteiger partial charge >= 0.3 is 0 Å². The molecular formula is C13H18Cl2O. The summed E-state index contributed by atoms with van der Waals surface area (Å²) < 4.78 is 0. The number of aliphatic hydroxyl groups excluding tert-OH is 1. The lowest BCUT2D eigenvalue weighted by Crippen LogP contribution is -2.20. The molecule has 0 aliphatic heterocycles. The van der Waals surface area contributed by atoms with E-state index in [1.807, 2.05) is 12.1 Å². The quantitative estimate of drug-likeness (QED) is 0.836. The third kappa shape index (κ3) is 3.65. The van der Waals surface area contributed by atoms with Gasteiger partial charge in [0, 0.05) is 6.42 Å². The molecule has 16 heavy (non-hydrogen) atoms. The van der Waals surface area contributed by atoms with E-state index in [0.29, 0.717) is 22.4 Å². The average Bonchev–Trinajstić information content (AvgIpc) is 2.25. The zero-order chi connectivity index (χ0) is 12.1. The number of halogens is 2. The third-order valence-corrected chi connectivity index (χ3v) is 3.72. The number of rotatable bonds is 5. The summed E-state index contributed by atoms with van der Waals surface area (Å²) in [5, 5.41) is 11.1. The Balaban J connectivity index is 2.69. The molecule has 0 bridgehead atoms. The van der Waals surface area contributed by atoms with Crippen LogP contribution in [0.25, 0.3) is 0 Å². The van der Waals surface area contributed by atoms with E-state index in [4.69, 9.17) is 23.2 Å². The normalized spacial score (nSPS) is 14.8. The van der Waals surface area contributed by atoms with E-state index >= 15 is 0 Å². The van der Waals surface area contributed by atoms with Crippen LogP contribution >= 0.6 is 23.2 Å². The molecule has 0 radical (unpaired) electrons. The average molecular weight is 261 g/mol. The van der Waals surface area contributed by atoms with Gasteiger partial charge in [0.2, 0.25) is 0 Å². The molecule has 0 aromatic heterocycles.